The highest BCUT2D eigenvalue weighted by atomic mass is 32.2. The molecule has 0 saturated heterocycles. The largest absolute Gasteiger partial charge is 0.430 e. The number of carbonyl (C=O) groups excluding carboxylic acids is 2. The Morgan fingerprint density at radius 3 is 2.19 bits per heavy atom. The maximum atomic E-state index is 13.9. The highest BCUT2D eigenvalue weighted by molar-refractivity contribution is 7.92. The van der Waals surface area contributed by atoms with Crippen LogP contribution in [0.25, 0.3) is 0 Å². The lowest BCUT2D eigenvalue weighted by atomic mass is 9.87. The van der Waals surface area contributed by atoms with E-state index in [4.69, 9.17) is 0 Å². The van der Waals surface area contributed by atoms with Crippen LogP contribution in [0, 0.1) is 11.7 Å². The summed E-state index contributed by atoms with van der Waals surface area (Å²) >= 11 is 0. The molecule has 2 aromatic carbocycles. The van der Waals surface area contributed by atoms with E-state index >= 15 is 0 Å². The standard InChI is InChI=1S/C31H29F7N4O5S/c32-20-6-9-23(10-7-20)48(46,47)42-22(8-4-18-16-19(5-11-26(18)42)29(45,30(33,34)35)31(36,37)38)17-27(43)41-25-3-1-2-24(25)28(44)40-21-12-14-39-15-13-21/h5-7,9-16,22,24-25,45H,1-4,8,17H2,(H,41,43)(H,39,40,44)/t22-,24+,25-/m0/s1. The van der Waals surface area contributed by atoms with Crippen molar-refractivity contribution in [3.8, 4) is 0 Å². The summed E-state index contributed by atoms with van der Waals surface area (Å²) in [5.41, 5.74) is -6.87. The molecule has 2 heterocycles. The first-order chi connectivity index (χ1) is 22.4. The molecular weight excluding hydrogens is 673 g/mol. The molecule has 17 heteroatoms. The van der Waals surface area contributed by atoms with Gasteiger partial charge in [-0.15, -0.1) is 0 Å². The van der Waals surface area contributed by atoms with Gasteiger partial charge in [0.15, 0.2) is 0 Å². The highest BCUT2D eigenvalue weighted by Crippen LogP contribution is 2.51. The molecule has 3 atom stereocenters. The minimum atomic E-state index is -6.16. The molecule has 1 aliphatic carbocycles. The monoisotopic (exact) mass is 702 g/mol. The minimum Gasteiger partial charge on any atom is -0.369 e. The molecule has 1 saturated carbocycles. The number of aliphatic hydroxyl groups is 1. The van der Waals surface area contributed by atoms with Gasteiger partial charge in [0.2, 0.25) is 11.8 Å². The number of aromatic nitrogens is 1. The second-order valence-electron chi connectivity index (χ2n) is 11.6. The van der Waals surface area contributed by atoms with Gasteiger partial charge in [0.05, 0.1) is 22.5 Å². The van der Waals surface area contributed by atoms with Crippen LogP contribution in [-0.2, 0) is 31.6 Å². The average Bonchev–Trinajstić information content (AvgIpc) is 3.47. The molecule has 258 valence electrons. The number of hydrogen-bond donors (Lipinski definition) is 3. The molecule has 2 aliphatic rings. The lowest BCUT2D eigenvalue weighted by Gasteiger charge is -2.39. The Morgan fingerprint density at radius 2 is 1.56 bits per heavy atom. The molecule has 0 unspecified atom stereocenters. The van der Waals surface area contributed by atoms with Crippen molar-refractivity contribution in [1.29, 1.82) is 0 Å². The molecule has 0 radical (unpaired) electrons. The number of benzene rings is 2. The van der Waals surface area contributed by atoms with Gasteiger partial charge in [-0.05, 0) is 73.7 Å². The molecule has 5 rings (SSSR count). The third-order valence-corrected chi connectivity index (χ3v) is 10.5. The van der Waals surface area contributed by atoms with Crippen LogP contribution in [0.4, 0.5) is 42.1 Å². The number of carbonyl (C=O) groups is 2. The van der Waals surface area contributed by atoms with Crippen molar-refractivity contribution in [1.82, 2.24) is 10.3 Å². The van der Waals surface area contributed by atoms with Gasteiger partial charge in [0, 0.05) is 36.1 Å². The van der Waals surface area contributed by atoms with Crippen molar-refractivity contribution < 1.29 is 53.8 Å². The van der Waals surface area contributed by atoms with Gasteiger partial charge < -0.3 is 15.7 Å². The van der Waals surface area contributed by atoms with Crippen molar-refractivity contribution >= 4 is 33.2 Å². The third-order valence-electron chi connectivity index (χ3n) is 8.57. The molecule has 0 spiro atoms. The smallest absolute Gasteiger partial charge is 0.369 e. The fourth-order valence-electron chi connectivity index (χ4n) is 6.18. The van der Waals surface area contributed by atoms with Gasteiger partial charge in [-0.1, -0.05) is 18.6 Å². The van der Waals surface area contributed by atoms with Crippen molar-refractivity contribution in [3.05, 3.63) is 83.9 Å². The first-order valence-corrected chi connectivity index (χ1v) is 16.2. The summed E-state index contributed by atoms with van der Waals surface area (Å²) < 4.78 is 124. The van der Waals surface area contributed by atoms with Gasteiger partial charge in [-0.3, -0.25) is 18.9 Å². The summed E-state index contributed by atoms with van der Waals surface area (Å²) in [6.45, 7) is 0. The summed E-state index contributed by atoms with van der Waals surface area (Å²) in [5, 5.41) is 15.5. The SMILES string of the molecule is O=C(C[C@@H]1CCc2cc(C(O)(C(F)(F)F)C(F)(F)F)ccc2N1S(=O)(=O)c1ccc(F)cc1)N[C@H]1CCC[C@H]1C(=O)Nc1ccncc1. The lowest BCUT2D eigenvalue weighted by Crippen LogP contribution is -2.54. The lowest BCUT2D eigenvalue weighted by molar-refractivity contribution is -0.376. The fraction of sp³-hybridized carbons (Fsp3) is 0.387. The van der Waals surface area contributed by atoms with E-state index in [9.17, 15) is 53.8 Å². The molecular formula is C31H29F7N4O5S. The van der Waals surface area contributed by atoms with E-state index in [-0.39, 0.29) is 30.0 Å². The molecule has 2 amide bonds. The van der Waals surface area contributed by atoms with E-state index in [2.05, 4.69) is 15.6 Å². The molecule has 0 bridgehead atoms. The summed E-state index contributed by atoms with van der Waals surface area (Å²) in [7, 11) is -4.67. The first kappa shape index (κ1) is 35.1. The zero-order valence-electron chi connectivity index (χ0n) is 24.9. The van der Waals surface area contributed by atoms with E-state index in [1.807, 2.05) is 0 Å². The van der Waals surface area contributed by atoms with Crippen LogP contribution >= 0.6 is 0 Å². The van der Waals surface area contributed by atoms with E-state index < -0.39 is 74.6 Å². The van der Waals surface area contributed by atoms with Crippen molar-refractivity contribution in [2.75, 3.05) is 9.62 Å². The van der Waals surface area contributed by atoms with Crippen LogP contribution < -0.4 is 14.9 Å². The van der Waals surface area contributed by atoms with Crippen LogP contribution in [-0.4, -0.2) is 54.8 Å². The fourth-order valence-corrected chi connectivity index (χ4v) is 7.89. The van der Waals surface area contributed by atoms with Crippen LogP contribution in [0.1, 0.15) is 43.2 Å². The van der Waals surface area contributed by atoms with Crippen LogP contribution in [0.3, 0.4) is 0 Å². The Balaban J connectivity index is 1.44. The number of rotatable bonds is 8. The summed E-state index contributed by atoms with van der Waals surface area (Å²) in [5.74, 6) is -2.36. The second kappa shape index (κ2) is 13.0. The predicted octanol–water partition coefficient (Wildman–Crippen LogP) is 5.36. The maximum absolute atomic E-state index is 13.9. The molecule has 3 N–H and O–H groups in total. The van der Waals surface area contributed by atoms with Gasteiger partial charge >= 0.3 is 12.4 Å². The number of pyridine rings is 1. The number of amides is 2. The molecule has 1 fully saturated rings. The van der Waals surface area contributed by atoms with Gasteiger partial charge in [-0.25, -0.2) is 12.8 Å². The Kier molecular flexibility index (Phi) is 9.49. The average molecular weight is 703 g/mol. The summed E-state index contributed by atoms with van der Waals surface area (Å²) in [4.78, 5) is 29.8. The van der Waals surface area contributed by atoms with Crippen molar-refractivity contribution in [2.24, 2.45) is 5.92 Å². The molecule has 1 aliphatic heterocycles. The minimum absolute atomic E-state index is 0.211. The van der Waals surface area contributed by atoms with E-state index in [1.165, 1.54) is 12.4 Å². The number of hydrogen-bond acceptors (Lipinski definition) is 6. The summed E-state index contributed by atoms with van der Waals surface area (Å²) in [6.07, 6.45) is -8.75. The van der Waals surface area contributed by atoms with Crippen molar-refractivity contribution in [3.63, 3.8) is 0 Å². The normalized spacial score (nSPS) is 20.2. The van der Waals surface area contributed by atoms with E-state index in [0.29, 0.717) is 43.1 Å². The molecule has 1 aromatic heterocycles. The Labute approximate surface area is 270 Å². The van der Waals surface area contributed by atoms with Gasteiger partial charge in [-0.2, -0.15) is 26.3 Å². The zero-order chi connectivity index (χ0) is 35.1. The number of alkyl halides is 6. The maximum Gasteiger partial charge on any atom is 0.430 e. The second-order valence-corrected chi connectivity index (χ2v) is 13.5. The quantitative estimate of drug-likeness (QED) is 0.272. The number of nitrogens with one attached hydrogen (secondary N) is 2. The Bertz CT molecular complexity index is 1760. The number of sulfonamides is 1. The first-order valence-electron chi connectivity index (χ1n) is 14.7. The summed E-state index contributed by atoms with van der Waals surface area (Å²) in [6, 6.07) is 6.48. The Morgan fingerprint density at radius 1 is 0.917 bits per heavy atom. The zero-order valence-corrected chi connectivity index (χ0v) is 25.7. The molecule has 9 nitrogen and oxygen atoms in total. The Hall–Kier alpha value is -4.25. The van der Waals surface area contributed by atoms with Crippen LogP contribution in [0.5, 0.6) is 0 Å². The van der Waals surface area contributed by atoms with Crippen molar-refractivity contribution in [2.45, 2.75) is 73.5 Å². The number of anilines is 2. The topological polar surface area (TPSA) is 129 Å². The van der Waals surface area contributed by atoms with Gasteiger partial charge in [0.25, 0.3) is 15.6 Å². The number of aryl methyl sites for hydroxylation is 1. The van der Waals surface area contributed by atoms with E-state index in [1.54, 1.807) is 12.1 Å². The predicted molar refractivity (Wildman–Crippen MR) is 157 cm³/mol. The third kappa shape index (κ3) is 6.70. The number of halogens is 7. The number of nitrogens with zero attached hydrogens (tertiary/aromatic N) is 2. The molecule has 3 aromatic rings. The van der Waals surface area contributed by atoms with Crippen LogP contribution in [0.2, 0.25) is 0 Å². The van der Waals surface area contributed by atoms with Gasteiger partial charge in [0.1, 0.15) is 5.82 Å². The van der Waals surface area contributed by atoms with Crippen LogP contribution in [0.15, 0.2) is 71.9 Å². The highest BCUT2D eigenvalue weighted by Gasteiger charge is 2.71. The molecule has 48 heavy (non-hydrogen) atoms. The number of fused-ring (bicyclic) bond motifs is 1. The van der Waals surface area contributed by atoms with E-state index in [0.717, 1.165) is 28.6 Å².